The number of ether oxygens (including phenoxy) is 1. The molecule has 1 aliphatic rings. The number of halogens is 1. The van der Waals surface area contributed by atoms with Crippen molar-refractivity contribution in [3.05, 3.63) is 29.8 Å². The second-order valence-corrected chi connectivity index (χ2v) is 5.41. The van der Waals surface area contributed by atoms with Gasteiger partial charge in [0.25, 0.3) is 0 Å². The monoisotopic (exact) mass is 270 g/mol. The Labute approximate surface area is 116 Å². The molecule has 1 atom stereocenters. The van der Waals surface area contributed by atoms with Gasteiger partial charge in [-0.15, -0.1) is 12.4 Å². The number of nitrogens with two attached hydrogens (primary N) is 1. The molecule has 18 heavy (non-hydrogen) atoms. The first kappa shape index (κ1) is 15.3. The maximum absolute atomic E-state index is 5.85. The van der Waals surface area contributed by atoms with Gasteiger partial charge >= 0.3 is 0 Å². The molecular formula is C14H23ClN2O. The van der Waals surface area contributed by atoms with Gasteiger partial charge in [0.05, 0.1) is 12.2 Å². The zero-order valence-electron chi connectivity index (χ0n) is 11.3. The van der Waals surface area contributed by atoms with Gasteiger partial charge in [0.15, 0.2) is 0 Å². The fraction of sp³-hybridized carbons (Fsp3) is 0.571. The van der Waals surface area contributed by atoms with Crippen molar-refractivity contribution in [2.75, 3.05) is 24.6 Å². The Morgan fingerprint density at radius 1 is 1.28 bits per heavy atom. The van der Waals surface area contributed by atoms with E-state index in [2.05, 4.69) is 43.0 Å². The van der Waals surface area contributed by atoms with E-state index in [1.165, 1.54) is 11.3 Å². The summed E-state index contributed by atoms with van der Waals surface area (Å²) in [5, 5.41) is 0. The Hall–Kier alpha value is -0.770. The molecule has 1 heterocycles. The summed E-state index contributed by atoms with van der Waals surface area (Å²) in [6, 6.07) is 8.63. The van der Waals surface area contributed by atoms with E-state index < -0.39 is 0 Å². The molecule has 1 fully saturated rings. The fourth-order valence-corrected chi connectivity index (χ4v) is 2.23. The maximum Gasteiger partial charge on any atom is 0.0801 e. The van der Waals surface area contributed by atoms with Crippen LogP contribution in [0.25, 0.3) is 0 Å². The standard InChI is InChI=1S/C14H22N2O.ClH/c1-11(15)12-4-6-13(7-5-12)16-8-9-17-14(2,3)10-16;/h4-7,11H,8-10,15H2,1-3H3;1H. The quantitative estimate of drug-likeness (QED) is 0.898. The van der Waals surface area contributed by atoms with Crippen LogP contribution in [0, 0.1) is 0 Å². The fourth-order valence-electron chi connectivity index (χ4n) is 2.23. The van der Waals surface area contributed by atoms with E-state index >= 15 is 0 Å². The summed E-state index contributed by atoms with van der Waals surface area (Å²) in [5.41, 5.74) is 8.23. The third-order valence-corrected chi connectivity index (χ3v) is 3.21. The van der Waals surface area contributed by atoms with Crippen molar-refractivity contribution < 1.29 is 4.74 Å². The highest BCUT2D eigenvalue weighted by molar-refractivity contribution is 5.85. The van der Waals surface area contributed by atoms with E-state index in [1.54, 1.807) is 0 Å². The molecule has 2 rings (SSSR count). The smallest absolute Gasteiger partial charge is 0.0801 e. The summed E-state index contributed by atoms with van der Waals surface area (Å²) in [6.45, 7) is 8.96. The van der Waals surface area contributed by atoms with Crippen molar-refractivity contribution in [3.63, 3.8) is 0 Å². The second-order valence-electron chi connectivity index (χ2n) is 5.41. The van der Waals surface area contributed by atoms with Crippen LogP contribution in [0.1, 0.15) is 32.4 Å². The molecule has 102 valence electrons. The molecule has 2 N–H and O–H groups in total. The third kappa shape index (κ3) is 3.61. The van der Waals surface area contributed by atoms with Crippen LogP contribution in [0.4, 0.5) is 5.69 Å². The summed E-state index contributed by atoms with van der Waals surface area (Å²) in [4.78, 5) is 2.37. The Kier molecular flexibility index (Phi) is 5.02. The highest BCUT2D eigenvalue weighted by atomic mass is 35.5. The molecule has 1 aliphatic heterocycles. The van der Waals surface area contributed by atoms with Gasteiger partial charge in [-0.1, -0.05) is 12.1 Å². The molecule has 0 bridgehead atoms. The average Bonchev–Trinajstić information content (AvgIpc) is 2.28. The molecule has 1 saturated heterocycles. The van der Waals surface area contributed by atoms with Gasteiger partial charge in [-0.05, 0) is 38.5 Å². The number of hydrogen-bond acceptors (Lipinski definition) is 3. The first-order chi connectivity index (χ1) is 7.98. The highest BCUT2D eigenvalue weighted by Gasteiger charge is 2.27. The van der Waals surface area contributed by atoms with Crippen molar-refractivity contribution in [2.24, 2.45) is 5.73 Å². The molecule has 1 aromatic carbocycles. The van der Waals surface area contributed by atoms with Crippen LogP contribution in [0.2, 0.25) is 0 Å². The Balaban J connectivity index is 0.00000162. The SMILES string of the molecule is CC(N)c1ccc(N2CCOC(C)(C)C2)cc1.Cl. The number of nitrogens with zero attached hydrogens (tertiary/aromatic N) is 1. The summed E-state index contributed by atoms with van der Waals surface area (Å²) >= 11 is 0. The molecule has 1 unspecified atom stereocenters. The van der Waals surface area contributed by atoms with Gasteiger partial charge in [-0.2, -0.15) is 0 Å². The number of rotatable bonds is 2. The zero-order chi connectivity index (χ0) is 12.5. The molecular weight excluding hydrogens is 248 g/mol. The Morgan fingerprint density at radius 3 is 2.39 bits per heavy atom. The first-order valence-electron chi connectivity index (χ1n) is 6.22. The molecule has 0 aromatic heterocycles. The number of anilines is 1. The Bertz CT molecular complexity index is 376. The van der Waals surface area contributed by atoms with E-state index in [9.17, 15) is 0 Å². The van der Waals surface area contributed by atoms with Crippen LogP contribution in [0.3, 0.4) is 0 Å². The van der Waals surface area contributed by atoms with Gasteiger partial charge in [0.2, 0.25) is 0 Å². The normalized spacial score (nSPS) is 20.1. The number of benzene rings is 1. The van der Waals surface area contributed by atoms with Gasteiger partial charge in [0, 0.05) is 24.8 Å². The molecule has 0 amide bonds. The minimum Gasteiger partial charge on any atom is -0.372 e. The van der Waals surface area contributed by atoms with Crippen molar-refractivity contribution in [1.29, 1.82) is 0 Å². The van der Waals surface area contributed by atoms with E-state index in [4.69, 9.17) is 10.5 Å². The van der Waals surface area contributed by atoms with Crippen molar-refractivity contribution >= 4 is 18.1 Å². The number of hydrogen-bond donors (Lipinski definition) is 1. The largest absolute Gasteiger partial charge is 0.372 e. The minimum absolute atomic E-state index is 0. The van der Waals surface area contributed by atoms with Crippen molar-refractivity contribution in [3.8, 4) is 0 Å². The molecule has 0 saturated carbocycles. The molecule has 1 aromatic rings. The van der Waals surface area contributed by atoms with Crippen LogP contribution in [-0.2, 0) is 4.74 Å². The van der Waals surface area contributed by atoms with Crippen LogP contribution in [0.5, 0.6) is 0 Å². The van der Waals surface area contributed by atoms with E-state index in [0.29, 0.717) is 0 Å². The maximum atomic E-state index is 5.85. The summed E-state index contributed by atoms with van der Waals surface area (Å²) in [7, 11) is 0. The van der Waals surface area contributed by atoms with Gasteiger partial charge in [0.1, 0.15) is 0 Å². The first-order valence-corrected chi connectivity index (χ1v) is 6.22. The Morgan fingerprint density at radius 2 is 1.89 bits per heavy atom. The summed E-state index contributed by atoms with van der Waals surface area (Å²) in [5.74, 6) is 0. The van der Waals surface area contributed by atoms with Gasteiger partial charge < -0.3 is 15.4 Å². The van der Waals surface area contributed by atoms with Crippen LogP contribution < -0.4 is 10.6 Å². The van der Waals surface area contributed by atoms with E-state index in [-0.39, 0.29) is 24.0 Å². The predicted molar refractivity (Wildman–Crippen MR) is 78.5 cm³/mol. The van der Waals surface area contributed by atoms with E-state index in [1.807, 2.05) is 6.92 Å². The number of morpholine rings is 1. The lowest BCUT2D eigenvalue weighted by Gasteiger charge is -2.39. The second kappa shape index (κ2) is 5.91. The van der Waals surface area contributed by atoms with Gasteiger partial charge in [-0.3, -0.25) is 0 Å². The lowest BCUT2D eigenvalue weighted by Crippen LogP contribution is -2.48. The van der Waals surface area contributed by atoms with Crippen molar-refractivity contribution in [1.82, 2.24) is 0 Å². The van der Waals surface area contributed by atoms with Crippen molar-refractivity contribution in [2.45, 2.75) is 32.4 Å². The third-order valence-electron chi connectivity index (χ3n) is 3.21. The molecule has 0 radical (unpaired) electrons. The average molecular weight is 271 g/mol. The lowest BCUT2D eigenvalue weighted by atomic mass is 10.1. The summed E-state index contributed by atoms with van der Waals surface area (Å²) in [6.07, 6.45) is 0. The molecule has 0 spiro atoms. The molecule has 3 nitrogen and oxygen atoms in total. The zero-order valence-corrected chi connectivity index (χ0v) is 12.2. The topological polar surface area (TPSA) is 38.5 Å². The summed E-state index contributed by atoms with van der Waals surface area (Å²) < 4.78 is 5.72. The molecule has 4 heteroatoms. The van der Waals surface area contributed by atoms with Gasteiger partial charge in [-0.25, -0.2) is 0 Å². The van der Waals surface area contributed by atoms with Crippen LogP contribution in [0.15, 0.2) is 24.3 Å². The van der Waals surface area contributed by atoms with Crippen LogP contribution >= 0.6 is 12.4 Å². The highest BCUT2D eigenvalue weighted by Crippen LogP contribution is 2.24. The lowest BCUT2D eigenvalue weighted by molar-refractivity contribution is -0.0276. The predicted octanol–water partition coefficient (Wildman–Crippen LogP) is 2.74. The molecule has 0 aliphatic carbocycles. The minimum atomic E-state index is -0.0575. The van der Waals surface area contributed by atoms with Crippen LogP contribution in [-0.4, -0.2) is 25.3 Å². The van der Waals surface area contributed by atoms with E-state index in [0.717, 1.165) is 19.7 Å².